The first-order chi connectivity index (χ1) is 7.45. The molecule has 1 aromatic rings. The summed E-state index contributed by atoms with van der Waals surface area (Å²) in [5.74, 6) is 0.886. The van der Waals surface area contributed by atoms with Crippen molar-refractivity contribution in [2.45, 2.75) is 6.54 Å². The molecule has 1 aliphatic heterocycles. The number of nitrogens with zero attached hydrogens (tertiary/aromatic N) is 2. The summed E-state index contributed by atoms with van der Waals surface area (Å²) in [5.41, 5.74) is 0. The van der Waals surface area contributed by atoms with Gasteiger partial charge in [-0.3, -0.25) is 4.90 Å². The Hall–Kier alpha value is -0.910. The van der Waals surface area contributed by atoms with E-state index in [-0.39, 0.29) is 0 Å². The van der Waals surface area contributed by atoms with Gasteiger partial charge in [-0.25, -0.2) is 4.98 Å². The van der Waals surface area contributed by atoms with Crippen LogP contribution in [0.3, 0.4) is 0 Å². The molecule has 5 nitrogen and oxygen atoms in total. The van der Waals surface area contributed by atoms with E-state index in [1.54, 1.807) is 6.20 Å². The molecule has 0 atom stereocenters. The molecule has 0 saturated carbocycles. The first kappa shape index (κ1) is 10.6. The summed E-state index contributed by atoms with van der Waals surface area (Å²) in [6, 6.07) is 0. The number of oxazole rings is 1. The van der Waals surface area contributed by atoms with Gasteiger partial charge in [-0.15, -0.1) is 0 Å². The SMILES string of the molecule is c1ncc(CNCCN2CCOCC2)o1. The van der Waals surface area contributed by atoms with Crippen molar-refractivity contribution in [1.82, 2.24) is 15.2 Å². The molecule has 2 heterocycles. The highest BCUT2D eigenvalue weighted by Crippen LogP contribution is 1.96. The Kier molecular flexibility index (Phi) is 4.13. The van der Waals surface area contributed by atoms with Gasteiger partial charge in [-0.1, -0.05) is 0 Å². The number of hydrogen-bond donors (Lipinski definition) is 1. The van der Waals surface area contributed by atoms with Crippen LogP contribution in [0, 0.1) is 0 Å². The van der Waals surface area contributed by atoms with Crippen LogP contribution < -0.4 is 5.32 Å². The topological polar surface area (TPSA) is 50.5 Å². The minimum Gasteiger partial charge on any atom is -0.447 e. The van der Waals surface area contributed by atoms with Crippen molar-refractivity contribution in [3.05, 3.63) is 18.4 Å². The zero-order valence-corrected chi connectivity index (χ0v) is 8.82. The molecule has 84 valence electrons. The van der Waals surface area contributed by atoms with Gasteiger partial charge in [0.25, 0.3) is 0 Å². The second kappa shape index (κ2) is 5.85. The molecule has 0 aromatic carbocycles. The minimum atomic E-state index is 0.754. The monoisotopic (exact) mass is 211 g/mol. The van der Waals surface area contributed by atoms with Gasteiger partial charge in [-0.2, -0.15) is 0 Å². The van der Waals surface area contributed by atoms with E-state index < -0.39 is 0 Å². The van der Waals surface area contributed by atoms with Crippen molar-refractivity contribution < 1.29 is 9.15 Å². The highest BCUT2D eigenvalue weighted by molar-refractivity contribution is 4.86. The van der Waals surface area contributed by atoms with E-state index in [0.717, 1.165) is 51.7 Å². The van der Waals surface area contributed by atoms with Gasteiger partial charge in [-0.05, 0) is 0 Å². The summed E-state index contributed by atoms with van der Waals surface area (Å²) in [5, 5.41) is 3.32. The molecule has 0 spiro atoms. The normalized spacial score (nSPS) is 18.1. The predicted molar refractivity (Wildman–Crippen MR) is 55.5 cm³/mol. The zero-order valence-electron chi connectivity index (χ0n) is 8.82. The fourth-order valence-corrected chi connectivity index (χ4v) is 1.60. The molecule has 1 aliphatic rings. The highest BCUT2D eigenvalue weighted by atomic mass is 16.5. The fourth-order valence-electron chi connectivity index (χ4n) is 1.60. The van der Waals surface area contributed by atoms with E-state index in [0.29, 0.717) is 0 Å². The molecule has 5 heteroatoms. The Morgan fingerprint density at radius 1 is 1.40 bits per heavy atom. The second-order valence-electron chi connectivity index (χ2n) is 3.60. The lowest BCUT2D eigenvalue weighted by molar-refractivity contribution is 0.0383. The first-order valence-corrected chi connectivity index (χ1v) is 5.33. The molecule has 1 fully saturated rings. The van der Waals surface area contributed by atoms with E-state index in [1.807, 2.05) is 0 Å². The zero-order chi connectivity index (χ0) is 10.3. The molecular formula is C10H17N3O2. The lowest BCUT2D eigenvalue weighted by Gasteiger charge is -2.26. The lowest BCUT2D eigenvalue weighted by atomic mass is 10.4. The second-order valence-corrected chi connectivity index (χ2v) is 3.60. The third-order valence-corrected chi connectivity index (χ3v) is 2.49. The van der Waals surface area contributed by atoms with E-state index in [9.17, 15) is 0 Å². The largest absolute Gasteiger partial charge is 0.447 e. The van der Waals surface area contributed by atoms with Crippen molar-refractivity contribution in [3.63, 3.8) is 0 Å². The molecule has 1 aromatic heterocycles. The van der Waals surface area contributed by atoms with Crippen LogP contribution in [0.15, 0.2) is 17.0 Å². The van der Waals surface area contributed by atoms with E-state index in [1.165, 1.54) is 6.39 Å². The summed E-state index contributed by atoms with van der Waals surface area (Å²) in [6.45, 7) is 6.61. The highest BCUT2D eigenvalue weighted by Gasteiger charge is 2.08. The maximum Gasteiger partial charge on any atom is 0.180 e. The van der Waals surface area contributed by atoms with Gasteiger partial charge in [0.1, 0.15) is 5.76 Å². The summed E-state index contributed by atoms with van der Waals surface area (Å²) >= 11 is 0. The number of hydrogen-bond acceptors (Lipinski definition) is 5. The molecule has 0 bridgehead atoms. The van der Waals surface area contributed by atoms with Gasteiger partial charge in [0.05, 0.1) is 26.0 Å². The first-order valence-electron chi connectivity index (χ1n) is 5.33. The average Bonchev–Trinajstić information content (AvgIpc) is 2.79. The maximum absolute atomic E-state index is 5.28. The summed E-state index contributed by atoms with van der Waals surface area (Å²) < 4.78 is 10.4. The minimum absolute atomic E-state index is 0.754. The molecule has 15 heavy (non-hydrogen) atoms. The molecule has 0 radical (unpaired) electrons. The quantitative estimate of drug-likeness (QED) is 0.700. The standard InChI is InChI=1S/C10H17N3O2/c1(2-13-3-5-14-6-4-13)11-7-10-8-12-9-15-10/h8-9,11H,1-7H2. The van der Waals surface area contributed by atoms with E-state index >= 15 is 0 Å². The molecule has 0 amide bonds. The number of morpholine rings is 1. The Bertz CT molecular complexity index is 258. The fraction of sp³-hybridized carbons (Fsp3) is 0.700. The number of rotatable bonds is 5. The Morgan fingerprint density at radius 2 is 2.27 bits per heavy atom. The van der Waals surface area contributed by atoms with Crippen molar-refractivity contribution in [2.24, 2.45) is 0 Å². The van der Waals surface area contributed by atoms with E-state index in [4.69, 9.17) is 9.15 Å². The van der Waals surface area contributed by atoms with Crippen molar-refractivity contribution >= 4 is 0 Å². The van der Waals surface area contributed by atoms with Gasteiger partial charge < -0.3 is 14.5 Å². The van der Waals surface area contributed by atoms with Crippen molar-refractivity contribution in [1.29, 1.82) is 0 Å². The van der Waals surface area contributed by atoms with Crippen LogP contribution >= 0.6 is 0 Å². The van der Waals surface area contributed by atoms with Crippen LogP contribution in [0.4, 0.5) is 0 Å². The lowest BCUT2D eigenvalue weighted by Crippen LogP contribution is -2.40. The van der Waals surface area contributed by atoms with Crippen LogP contribution in [-0.4, -0.2) is 49.3 Å². The van der Waals surface area contributed by atoms with Crippen LogP contribution in [0.2, 0.25) is 0 Å². The Balaban J connectivity index is 1.54. The average molecular weight is 211 g/mol. The van der Waals surface area contributed by atoms with Crippen molar-refractivity contribution in [3.8, 4) is 0 Å². The van der Waals surface area contributed by atoms with E-state index in [2.05, 4.69) is 15.2 Å². The third kappa shape index (κ3) is 3.62. The van der Waals surface area contributed by atoms with Crippen LogP contribution in [0.25, 0.3) is 0 Å². The summed E-state index contributed by atoms with van der Waals surface area (Å²) in [4.78, 5) is 6.26. The Labute approximate surface area is 89.4 Å². The van der Waals surface area contributed by atoms with Gasteiger partial charge in [0, 0.05) is 26.2 Å². The molecule has 0 unspecified atom stereocenters. The van der Waals surface area contributed by atoms with Crippen LogP contribution in [0.1, 0.15) is 5.76 Å². The third-order valence-electron chi connectivity index (χ3n) is 2.49. The van der Waals surface area contributed by atoms with Gasteiger partial charge in [0.15, 0.2) is 6.39 Å². The van der Waals surface area contributed by atoms with Crippen LogP contribution in [0.5, 0.6) is 0 Å². The van der Waals surface area contributed by atoms with Crippen LogP contribution in [-0.2, 0) is 11.3 Å². The molecule has 2 rings (SSSR count). The molecule has 1 N–H and O–H groups in total. The molecule has 0 aliphatic carbocycles. The summed E-state index contributed by atoms with van der Waals surface area (Å²) in [7, 11) is 0. The number of ether oxygens (including phenoxy) is 1. The number of aromatic nitrogens is 1. The predicted octanol–water partition coefficient (Wildman–Crippen LogP) is 0.0964. The molecular weight excluding hydrogens is 194 g/mol. The Morgan fingerprint density at radius 3 is 3.00 bits per heavy atom. The van der Waals surface area contributed by atoms with Gasteiger partial charge in [0.2, 0.25) is 0 Å². The number of nitrogens with one attached hydrogen (secondary N) is 1. The smallest absolute Gasteiger partial charge is 0.180 e. The molecule has 1 saturated heterocycles. The maximum atomic E-state index is 5.28. The summed E-state index contributed by atoms with van der Waals surface area (Å²) in [6.07, 6.45) is 3.20. The van der Waals surface area contributed by atoms with Gasteiger partial charge >= 0.3 is 0 Å². The van der Waals surface area contributed by atoms with Crippen molar-refractivity contribution in [2.75, 3.05) is 39.4 Å².